The van der Waals surface area contributed by atoms with Crippen molar-refractivity contribution in [1.29, 1.82) is 0 Å². The van der Waals surface area contributed by atoms with Gasteiger partial charge in [0.25, 0.3) is 0 Å². The zero-order valence-corrected chi connectivity index (χ0v) is 11.5. The lowest BCUT2D eigenvalue weighted by Gasteiger charge is -2.23. The molecule has 2 aromatic carbocycles. The predicted molar refractivity (Wildman–Crippen MR) is 83.7 cm³/mol. The topological polar surface area (TPSA) is 24.4 Å². The summed E-state index contributed by atoms with van der Waals surface area (Å²) in [5.41, 5.74) is 4.54. The maximum absolute atomic E-state index is 6.33. The average Bonchev–Trinajstić information content (AvgIpc) is 2.86. The first-order valence-electron chi connectivity index (χ1n) is 6.69. The molecule has 0 saturated heterocycles. The fourth-order valence-electron chi connectivity index (χ4n) is 3.01. The molecule has 0 aliphatic carbocycles. The summed E-state index contributed by atoms with van der Waals surface area (Å²) in [7, 11) is 0. The first kappa shape index (κ1) is 11.7. The summed E-state index contributed by atoms with van der Waals surface area (Å²) in [6.45, 7) is 0. The second-order valence-corrected chi connectivity index (χ2v) is 5.48. The highest BCUT2D eigenvalue weighted by Gasteiger charge is 2.36. The summed E-state index contributed by atoms with van der Waals surface area (Å²) in [5.74, 6) is 0.329. The number of para-hydroxylation sites is 1. The van der Waals surface area contributed by atoms with Gasteiger partial charge in [0.05, 0.1) is 11.8 Å². The van der Waals surface area contributed by atoms with Crippen LogP contribution in [0.15, 0.2) is 65.8 Å². The van der Waals surface area contributed by atoms with Crippen molar-refractivity contribution in [3.8, 4) is 0 Å². The third kappa shape index (κ3) is 1.69. The van der Waals surface area contributed by atoms with Crippen molar-refractivity contribution >= 4 is 23.0 Å². The number of hydrogen-bond donors (Lipinski definition) is 1. The largest absolute Gasteiger partial charge is 0.375 e. The molecule has 0 aromatic heterocycles. The number of nitrogens with zero attached hydrogens (tertiary/aromatic N) is 1. The van der Waals surface area contributed by atoms with E-state index in [0.717, 1.165) is 16.3 Å². The average molecular weight is 281 g/mol. The van der Waals surface area contributed by atoms with Crippen LogP contribution < -0.4 is 5.32 Å². The zero-order chi connectivity index (χ0) is 13.5. The fourth-order valence-corrected chi connectivity index (χ4v) is 3.24. The summed E-state index contributed by atoms with van der Waals surface area (Å²) in [5, 5.41) is 4.32. The minimum Gasteiger partial charge on any atom is -0.375 e. The molecule has 0 radical (unpaired) electrons. The zero-order valence-electron chi connectivity index (χ0n) is 10.8. The third-order valence-electron chi connectivity index (χ3n) is 3.94. The van der Waals surface area contributed by atoms with E-state index in [1.807, 2.05) is 30.5 Å². The van der Waals surface area contributed by atoms with E-state index in [0.29, 0.717) is 5.92 Å². The number of hydrogen-bond acceptors (Lipinski definition) is 2. The Morgan fingerprint density at radius 3 is 2.70 bits per heavy atom. The Morgan fingerprint density at radius 1 is 1.00 bits per heavy atom. The number of aliphatic imine (C=N–C) groups is 1. The van der Waals surface area contributed by atoms with Crippen LogP contribution in [0.2, 0.25) is 5.02 Å². The van der Waals surface area contributed by atoms with Crippen LogP contribution in [0.5, 0.6) is 0 Å². The van der Waals surface area contributed by atoms with E-state index in [2.05, 4.69) is 40.7 Å². The number of benzene rings is 2. The lowest BCUT2D eigenvalue weighted by Crippen LogP contribution is -2.32. The smallest absolute Gasteiger partial charge is 0.0796 e. The maximum atomic E-state index is 6.33. The molecule has 2 nitrogen and oxygen atoms in total. The number of anilines is 1. The Hall–Kier alpha value is -2.06. The molecule has 3 heteroatoms. The third-order valence-corrected chi connectivity index (χ3v) is 4.27. The summed E-state index contributed by atoms with van der Waals surface area (Å²) in [4.78, 5) is 4.58. The molecule has 4 rings (SSSR count). The van der Waals surface area contributed by atoms with Crippen molar-refractivity contribution < 1.29 is 0 Å². The van der Waals surface area contributed by atoms with E-state index in [-0.39, 0.29) is 6.04 Å². The molecule has 98 valence electrons. The Bertz CT molecular complexity index is 733. The molecule has 2 atom stereocenters. The lowest BCUT2D eigenvalue weighted by molar-refractivity contribution is 0.832. The van der Waals surface area contributed by atoms with Crippen LogP contribution in [-0.4, -0.2) is 11.8 Å². The van der Waals surface area contributed by atoms with Gasteiger partial charge in [0, 0.05) is 28.4 Å². The quantitative estimate of drug-likeness (QED) is 0.830. The standard InChI is InChI=1S/C17H13ClN2/c18-14-7-3-1-6-13(14)16-17-12(9-10-19-16)11-5-2-4-8-15(11)20-17/h1-10,12,17,20H. The van der Waals surface area contributed by atoms with Gasteiger partial charge in [0.1, 0.15) is 0 Å². The van der Waals surface area contributed by atoms with Gasteiger partial charge < -0.3 is 5.32 Å². The van der Waals surface area contributed by atoms with Gasteiger partial charge in [0.2, 0.25) is 0 Å². The molecule has 1 N–H and O–H groups in total. The van der Waals surface area contributed by atoms with Crippen molar-refractivity contribution in [2.75, 3.05) is 5.32 Å². The summed E-state index contributed by atoms with van der Waals surface area (Å²) in [6.07, 6.45) is 4.05. The highest BCUT2D eigenvalue weighted by atomic mass is 35.5. The predicted octanol–water partition coefficient (Wildman–Crippen LogP) is 4.23. The van der Waals surface area contributed by atoms with Crippen LogP contribution in [0, 0.1) is 0 Å². The fraction of sp³-hybridized carbons (Fsp3) is 0.118. The van der Waals surface area contributed by atoms with E-state index < -0.39 is 0 Å². The van der Waals surface area contributed by atoms with Gasteiger partial charge in [-0.2, -0.15) is 0 Å². The monoisotopic (exact) mass is 280 g/mol. The van der Waals surface area contributed by atoms with Crippen LogP contribution in [0.3, 0.4) is 0 Å². The number of fused-ring (bicyclic) bond motifs is 3. The van der Waals surface area contributed by atoms with Crippen LogP contribution in [-0.2, 0) is 0 Å². The molecular weight excluding hydrogens is 268 g/mol. The Labute approximate surface area is 122 Å². The molecule has 20 heavy (non-hydrogen) atoms. The van der Waals surface area contributed by atoms with Crippen molar-refractivity contribution in [1.82, 2.24) is 0 Å². The molecule has 2 aliphatic heterocycles. The van der Waals surface area contributed by atoms with E-state index in [4.69, 9.17) is 11.6 Å². The highest BCUT2D eigenvalue weighted by molar-refractivity contribution is 6.34. The molecule has 0 spiro atoms. The first-order chi connectivity index (χ1) is 9.84. The Morgan fingerprint density at radius 2 is 1.80 bits per heavy atom. The lowest BCUT2D eigenvalue weighted by atomic mass is 9.88. The number of nitrogens with one attached hydrogen (secondary N) is 1. The second kappa shape index (κ2) is 4.50. The minimum atomic E-state index is 0.164. The molecule has 0 bridgehead atoms. The van der Waals surface area contributed by atoms with Crippen LogP contribution >= 0.6 is 11.6 Å². The molecule has 2 aromatic rings. The van der Waals surface area contributed by atoms with Crippen LogP contribution in [0.4, 0.5) is 5.69 Å². The molecule has 2 unspecified atom stereocenters. The van der Waals surface area contributed by atoms with Crippen LogP contribution in [0.25, 0.3) is 0 Å². The normalized spacial score (nSPS) is 22.8. The summed E-state index contributed by atoms with van der Waals surface area (Å²) >= 11 is 6.33. The van der Waals surface area contributed by atoms with Gasteiger partial charge >= 0.3 is 0 Å². The van der Waals surface area contributed by atoms with Crippen molar-refractivity contribution in [2.45, 2.75) is 12.0 Å². The van der Waals surface area contributed by atoms with Crippen molar-refractivity contribution in [2.24, 2.45) is 4.99 Å². The minimum absolute atomic E-state index is 0.164. The maximum Gasteiger partial charge on any atom is 0.0796 e. The molecule has 2 aliphatic rings. The molecule has 0 fully saturated rings. The van der Waals surface area contributed by atoms with Gasteiger partial charge in [0.15, 0.2) is 0 Å². The molecule has 0 amide bonds. The van der Waals surface area contributed by atoms with E-state index >= 15 is 0 Å². The second-order valence-electron chi connectivity index (χ2n) is 5.07. The molecular formula is C17H13ClN2. The number of halogens is 1. The summed E-state index contributed by atoms with van der Waals surface area (Å²) < 4.78 is 0. The van der Waals surface area contributed by atoms with Gasteiger partial charge in [-0.15, -0.1) is 0 Å². The van der Waals surface area contributed by atoms with Crippen LogP contribution in [0.1, 0.15) is 17.0 Å². The van der Waals surface area contributed by atoms with Crippen molar-refractivity contribution in [3.05, 3.63) is 77.0 Å². The van der Waals surface area contributed by atoms with E-state index in [1.54, 1.807) is 0 Å². The Balaban J connectivity index is 1.81. The van der Waals surface area contributed by atoms with Gasteiger partial charge in [-0.1, -0.05) is 54.1 Å². The molecule has 2 heterocycles. The van der Waals surface area contributed by atoms with E-state index in [9.17, 15) is 0 Å². The molecule has 0 saturated carbocycles. The highest BCUT2D eigenvalue weighted by Crippen LogP contribution is 2.40. The SMILES string of the molecule is Clc1ccccc1C1=NC=CC2c3ccccc3NC12. The Kier molecular flexibility index (Phi) is 2.64. The van der Waals surface area contributed by atoms with Crippen molar-refractivity contribution in [3.63, 3.8) is 0 Å². The number of rotatable bonds is 1. The summed E-state index contributed by atoms with van der Waals surface area (Å²) in [6, 6.07) is 16.5. The van der Waals surface area contributed by atoms with Gasteiger partial charge in [-0.05, 0) is 17.7 Å². The van der Waals surface area contributed by atoms with E-state index in [1.165, 1.54) is 11.3 Å². The van der Waals surface area contributed by atoms with Gasteiger partial charge in [-0.25, -0.2) is 0 Å². The van der Waals surface area contributed by atoms with Gasteiger partial charge in [-0.3, -0.25) is 4.99 Å². The first-order valence-corrected chi connectivity index (χ1v) is 7.07.